The summed E-state index contributed by atoms with van der Waals surface area (Å²) < 4.78 is 1.76. The fourth-order valence-electron chi connectivity index (χ4n) is 3.65. The number of amides is 1. The number of carbonyl (C=O) groups is 1. The third-order valence-electron chi connectivity index (χ3n) is 5.33. The lowest BCUT2D eigenvalue weighted by Crippen LogP contribution is -2.31. The molecule has 1 N–H and O–H groups in total. The zero-order chi connectivity index (χ0) is 20.2. The van der Waals surface area contributed by atoms with Gasteiger partial charge in [-0.3, -0.25) is 4.79 Å². The van der Waals surface area contributed by atoms with Crippen LogP contribution >= 0.6 is 0 Å². The van der Waals surface area contributed by atoms with Crippen LogP contribution in [0.2, 0.25) is 0 Å². The van der Waals surface area contributed by atoms with Crippen LogP contribution < -0.4 is 10.2 Å². The highest BCUT2D eigenvalue weighted by molar-refractivity contribution is 5.94. The number of nitrogens with zero attached hydrogens (tertiary/aromatic N) is 6. The average Bonchev–Trinajstić information content (AvgIpc) is 3.25. The molecule has 0 aliphatic carbocycles. The van der Waals surface area contributed by atoms with Crippen molar-refractivity contribution in [2.24, 2.45) is 0 Å². The molecule has 1 aromatic carbocycles. The SMILES string of the molecule is CCN(CC)C(=O)c1ccc(Nc2nc(N3CCCCC3)nn3ccnc23)cc1. The Morgan fingerprint density at radius 3 is 2.52 bits per heavy atom. The topological polar surface area (TPSA) is 78.7 Å². The molecule has 1 saturated heterocycles. The maximum absolute atomic E-state index is 12.5. The Morgan fingerprint density at radius 1 is 1.10 bits per heavy atom. The Morgan fingerprint density at radius 2 is 1.83 bits per heavy atom. The van der Waals surface area contributed by atoms with Gasteiger partial charge in [0.2, 0.25) is 5.95 Å². The first-order valence-electron chi connectivity index (χ1n) is 10.3. The molecule has 152 valence electrons. The Bertz CT molecular complexity index is 972. The van der Waals surface area contributed by atoms with Gasteiger partial charge in [0.05, 0.1) is 0 Å². The highest BCUT2D eigenvalue weighted by atomic mass is 16.2. The third-order valence-corrected chi connectivity index (χ3v) is 5.33. The summed E-state index contributed by atoms with van der Waals surface area (Å²) in [6.07, 6.45) is 7.14. The number of piperidine rings is 1. The molecule has 1 aliphatic rings. The second-order valence-corrected chi connectivity index (χ2v) is 7.18. The first kappa shape index (κ1) is 19.2. The summed E-state index contributed by atoms with van der Waals surface area (Å²) in [6.45, 7) is 7.33. The summed E-state index contributed by atoms with van der Waals surface area (Å²) in [5.41, 5.74) is 2.21. The van der Waals surface area contributed by atoms with Crippen molar-refractivity contribution in [2.45, 2.75) is 33.1 Å². The third kappa shape index (κ3) is 4.01. The maximum Gasteiger partial charge on any atom is 0.253 e. The van der Waals surface area contributed by atoms with Gasteiger partial charge in [-0.25, -0.2) is 9.50 Å². The van der Waals surface area contributed by atoms with E-state index in [-0.39, 0.29) is 5.91 Å². The van der Waals surface area contributed by atoms with Crippen LogP contribution in [0.5, 0.6) is 0 Å². The molecule has 8 nitrogen and oxygen atoms in total. The van der Waals surface area contributed by atoms with E-state index in [1.807, 2.05) is 49.2 Å². The van der Waals surface area contributed by atoms with Gasteiger partial charge >= 0.3 is 0 Å². The first-order chi connectivity index (χ1) is 14.2. The molecule has 0 unspecified atom stereocenters. The maximum atomic E-state index is 12.5. The Balaban J connectivity index is 1.58. The summed E-state index contributed by atoms with van der Waals surface area (Å²) in [4.78, 5) is 25.7. The summed E-state index contributed by atoms with van der Waals surface area (Å²) in [5.74, 6) is 1.42. The van der Waals surface area contributed by atoms with E-state index in [4.69, 9.17) is 4.98 Å². The average molecular weight is 393 g/mol. The van der Waals surface area contributed by atoms with Crippen molar-refractivity contribution in [1.82, 2.24) is 24.5 Å². The molecule has 1 aliphatic heterocycles. The van der Waals surface area contributed by atoms with Crippen molar-refractivity contribution in [1.29, 1.82) is 0 Å². The Hall–Kier alpha value is -3.16. The largest absolute Gasteiger partial charge is 0.340 e. The molecule has 4 rings (SSSR count). The number of imidazole rings is 1. The van der Waals surface area contributed by atoms with E-state index in [9.17, 15) is 4.79 Å². The monoisotopic (exact) mass is 393 g/mol. The molecular formula is C21H27N7O. The highest BCUT2D eigenvalue weighted by Gasteiger charge is 2.17. The van der Waals surface area contributed by atoms with E-state index in [0.29, 0.717) is 36.1 Å². The van der Waals surface area contributed by atoms with Crippen molar-refractivity contribution in [3.8, 4) is 0 Å². The summed E-state index contributed by atoms with van der Waals surface area (Å²) in [7, 11) is 0. The van der Waals surface area contributed by atoms with Crippen LogP contribution in [0, 0.1) is 0 Å². The second-order valence-electron chi connectivity index (χ2n) is 7.18. The standard InChI is InChI=1S/C21H27N7O/c1-3-26(4-2)20(29)16-8-10-17(11-9-16)23-18-19-22-12-15-28(19)25-21(24-18)27-13-6-5-7-14-27/h8-12,15H,3-7,13-14H2,1-2H3,(H,23,24,25). The molecule has 3 heterocycles. The molecule has 8 heteroatoms. The van der Waals surface area contributed by atoms with Gasteiger partial charge in [-0.15, -0.1) is 5.10 Å². The normalized spacial score (nSPS) is 14.2. The highest BCUT2D eigenvalue weighted by Crippen LogP contribution is 2.23. The summed E-state index contributed by atoms with van der Waals surface area (Å²) >= 11 is 0. The molecule has 0 bridgehead atoms. The van der Waals surface area contributed by atoms with E-state index in [1.165, 1.54) is 6.42 Å². The van der Waals surface area contributed by atoms with Crippen LogP contribution in [0.25, 0.3) is 5.65 Å². The molecule has 2 aromatic heterocycles. The number of aromatic nitrogens is 4. The van der Waals surface area contributed by atoms with Crippen LogP contribution in [0.15, 0.2) is 36.7 Å². The van der Waals surface area contributed by atoms with Crippen molar-refractivity contribution in [2.75, 3.05) is 36.4 Å². The van der Waals surface area contributed by atoms with Crippen LogP contribution in [0.4, 0.5) is 17.5 Å². The number of carbonyl (C=O) groups excluding carboxylic acids is 1. The van der Waals surface area contributed by atoms with Crippen molar-refractivity contribution in [3.05, 3.63) is 42.2 Å². The minimum absolute atomic E-state index is 0.0478. The number of hydrogen-bond donors (Lipinski definition) is 1. The minimum Gasteiger partial charge on any atom is -0.340 e. The number of fused-ring (bicyclic) bond motifs is 1. The fraction of sp³-hybridized carbons (Fsp3) is 0.429. The quantitative estimate of drug-likeness (QED) is 0.692. The number of nitrogens with one attached hydrogen (secondary N) is 1. The molecule has 3 aromatic rings. The van der Waals surface area contributed by atoms with Crippen LogP contribution in [-0.2, 0) is 0 Å². The Kier molecular flexibility index (Phi) is 5.59. The summed E-state index contributed by atoms with van der Waals surface area (Å²) in [5, 5.41) is 7.97. The van der Waals surface area contributed by atoms with Gasteiger partial charge < -0.3 is 15.1 Å². The zero-order valence-electron chi connectivity index (χ0n) is 17.0. The lowest BCUT2D eigenvalue weighted by molar-refractivity contribution is 0.0773. The zero-order valence-corrected chi connectivity index (χ0v) is 17.0. The molecule has 0 radical (unpaired) electrons. The van der Waals surface area contributed by atoms with Crippen LogP contribution in [-0.4, -0.2) is 56.6 Å². The minimum atomic E-state index is 0.0478. The lowest BCUT2D eigenvalue weighted by atomic mass is 10.1. The molecule has 1 amide bonds. The number of benzene rings is 1. The van der Waals surface area contributed by atoms with Gasteiger partial charge in [0.25, 0.3) is 5.91 Å². The molecule has 29 heavy (non-hydrogen) atoms. The van der Waals surface area contributed by atoms with Gasteiger partial charge in [0.15, 0.2) is 11.5 Å². The van der Waals surface area contributed by atoms with E-state index < -0.39 is 0 Å². The van der Waals surface area contributed by atoms with Crippen molar-refractivity contribution in [3.63, 3.8) is 0 Å². The smallest absolute Gasteiger partial charge is 0.253 e. The lowest BCUT2D eigenvalue weighted by Gasteiger charge is -2.26. The van der Waals surface area contributed by atoms with E-state index in [0.717, 1.165) is 31.6 Å². The van der Waals surface area contributed by atoms with Crippen molar-refractivity contribution < 1.29 is 4.79 Å². The van der Waals surface area contributed by atoms with E-state index in [2.05, 4.69) is 20.3 Å². The van der Waals surface area contributed by atoms with Gasteiger partial charge in [0, 0.05) is 49.8 Å². The van der Waals surface area contributed by atoms with Crippen LogP contribution in [0.1, 0.15) is 43.5 Å². The second kappa shape index (κ2) is 8.46. The Labute approximate surface area is 170 Å². The van der Waals surface area contributed by atoms with Crippen molar-refractivity contribution >= 4 is 29.0 Å². The van der Waals surface area contributed by atoms with Gasteiger partial charge in [-0.1, -0.05) is 0 Å². The van der Waals surface area contributed by atoms with Gasteiger partial charge in [0.1, 0.15) is 0 Å². The molecular weight excluding hydrogens is 366 g/mol. The predicted octanol–water partition coefficient (Wildman–Crippen LogP) is 3.34. The number of anilines is 3. The van der Waals surface area contributed by atoms with E-state index in [1.54, 1.807) is 10.7 Å². The number of hydrogen-bond acceptors (Lipinski definition) is 6. The number of rotatable bonds is 6. The van der Waals surface area contributed by atoms with Gasteiger partial charge in [-0.05, 0) is 57.4 Å². The molecule has 0 atom stereocenters. The predicted molar refractivity (Wildman–Crippen MR) is 114 cm³/mol. The summed E-state index contributed by atoms with van der Waals surface area (Å²) in [6, 6.07) is 7.49. The fourth-order valence-corrected chi connectivity index (χ4v) is 3.65. The van der Waals surface area contributed by atoms with Crippen LogP contribution in [0.3, 0.4) is 0 Å². The van der Waals surface area contributed by atoms with Gasteiger partial charge in [-0.2, -0.15) is 4.98 Å². The molecule has 0 spiro atoms. The first-order valence-corrected chi connectivity index (χ1v) is 10.3. The molecule has 1 fully saturated rings. The molecule has 0 saturated carbocycles. The van der Waals surface area contributed by atoms with E-state index >= 15 is 0 Å².